The van der Waals surface area contributed by atoms with Crippen LogP contribution in [0.3, 0.4) is 0 Å². The Hall–Kier alpha value is -1.07. The molecule has 18 heavy (non-hydrogen) atoms. The van der Waals surface area contributed by atoms with Gasteiger partial charge in [0.1, 0.15) is 0 Å². The summed E-state index contributed by atoms with van der Waals surface area (Å²) >= 11 is 0. The molecule has 102 valence electrons. The third kappa shape index (κ3) is 5.06. The summed E-state index contributed by atoms with van der Waals surface area (Å²) in [5.74, 6) is 0.467. The van der Waals surface area contributed by atoms with E-state index in [-0.39, 0.29) is 5.75 Å². The topological polar surface area (TPSA) is 66.4 Å². The van der Waals surface area contributed by atoms with E-state index < -0.39 is 16.1 Å². The highest BCUT2D eigenvalue weighted by Crippen LogP contribution is 2.18. The van der Waals surface area contributed by atoms with E-state index in [0.29, 0.717) is 23.6 Å². The average Bonchev–Trinajstić information content (AvgIpc) is 2.26. The summed E-state index contributed by atoms with van der Waals surface area (Å²) in [4.78, 5) is 0. The van der Waals surface area contributed by atoms with Crippen LogP contribution in [-0.4, -0.2) is 19.3 Å². The van der Waals surface area contributed by atoms with Gasteiger partial charge >= 0.3 is 0 Å². The molecule has 4 nitrogen and oxygen atoms in total. The summed E-state index contributed by atoms with van der Waals surface area (Å²) in [6.45, 7) is 5.62. The Morgan fingerprint density at radius 1 is 1.28 bits per heavy atom. The van der Waals surface area contributed by atoms with E-state index in [4.69, 9.17) is 0 Å². The Kier molecular flexibility index (Phi) is 5.16. The molecule has 2 N–H and O–H groups in total. The van der Waals surface area contributed by atoms with Gasteiger partial charge in [0.15, 0.2) is 0 Å². The third-order valence-corrected chi connectivity index (χ3v) is 3.93. The molecule has 1 unspecified atom stereocenters. The molecule has 1 aromatic carbocycles. The highest BCUT2D eigenvalue weighted by atomic mass is 32.2. The van der Waals surface area contributed by atoms with Crippen LogP contribution in [0, 0.1) is 5.92 Å². The van der Waals surface area contributed by atoms with Crippen molar-refractivity contribution < 1.29 is 13.5 Å². The lowest BCUT2D eigenvalue weighted by atomic mass is 10.1. The van der Waals surface area contributed by atoms with Gasteiger partial charge in [0.05, 0.1) is 11.9 Å². The van der Waals surface area contributed by atoms with Crippen LogP contribution in [0.4, 0.5) is 5.69 Å². The van der Waals surface area contributed by atoms with Gasteiger partial charge in [-0.1, -0.05) is 26.0 Å². The van der Waals surface area contributed by atoms with E-state index in [0.717, 1.165) is 0 Å². The van der Waals surface area contributed by atoms with E-state index >= 15 is 0 Å². The standard InChI is InChI=1S/C13H21NO3S/c1-10(2)7-8-18(16,17)14-13-6-4-5-12(9-13)11(3)15/h4-6,9-11,14-15H,7-8H2,1-3H3. The van der Waals surface area contributed by atoms with Crippen molar-refractivity contribution in [1.29, 1.82) is 0 Å². The number of aliphatic hydroxyl groups excluding tert-OH is 1. The Labute approximate surface area is 109 Å². The van der Waals surface area contributed by atoms with E-state index in [1.807, 2.05) is 13.8 Å². The first-order valence-electron chi connectivity index (χ1n) is 6.08. The van der Waals surface area contributed by atoms with E-state index in [9.17, 15) is 13.5 Å². The van der Waals surface area contributed by atoms with Gasteiger partial charge in [-0.15, -0.1) is 0 Å². The third-order valence-electron chi connectivity index (χ3n) is 2.61. The minimum atomic E-state index is -3.30. The highest BCUT2D eigenvalue weighted by molar-refractivity contribution is 7.92. The fourth-order valence-electron chi connectivity index (χ4n) is 1.48. The molecule has 0 amide bonds. The van der Waals surface area contributed by atoms with Crippen molar-refractivity contribution in [2.24, 2.45) is 5.92 Å². The summed E-state index contributed by atoms with van der Waals surface area (Å²) in [6.07, 6.45) is 0.0240. The van der Waals surface area contributed by atoms with Crippen molar-refractivity contribution >= 4 is 15.7 Å². The van der Waals surface area contributed by atoms with Crippen LogP contribution in [-0.2, 0) is 10.0 Å². The summed E-state index contributed by atoms with van der Waals surface area (Å²) in [5.41, 5.74) is 1.19. The van der Waals surface area contributed by atoms with Crippen LogP contribution in [0.2, 0.25) is 0 Å². The van der Waals surface area contributed by atoms with E-state index in [1.165, 1.54) is 0 Å². The molecule has 0 aromatic heterocycles. The largest absolute Gasteiger partial charge is 0.389 e. The van der Waals surface area contributed by atoms with Gasteiger partial charge in [-0.25, -0.2) is 8.42 Å². The molecule has 0 radical (unpaired) electrons. The first-order chi connectivity index (χ1) is 8.30. The van der Waals surface area contributed by atoms with E-state index in [1.54, 1.807) is 31.2 Å². The van der Waals surface area contributed by atoms with Crippen molar-refractivity contribution in [3.63, 3.8) is 0 Å². The summed E-state index contributed by atoms with van der Waals surface area (Å²) < 4.78 is 26.2. The molecule has 0 heterocycles. The van der Waals surface area contributed by atoms with Crippen LogP contribution in [0.25, 0.3) is 0 Å². The zero-order valence-electron chi connectivity index (χ0n) is 11.1. The van der Waals surface area contributed by atoms with Crippen molar-refractivity contribution in [2.75, 3.05) is 10.5 Å². The second-order valence-electron chi connectivity index (χ2n) is 4.90. The molecule has 1 atom stereocenters. The van der Waals surface area contributed by atoms with Gasteiger partial charge in [-0.3, -0.25) is 4.72 Å². The Morgan fingerprint density at radius 2 is 1.94 bits per heavy atom. The van der Waals surface area contributed by atoms with Crippen molar-refractivity contribution in [2.45, 2.75) is 33.3 Å². The van der Waals surface area contributed by atoms with Gasteiger partial charge in [-0.05, 0) is 37.0 Å². The maximum Gasteiger partial charge on any atom is 0.232 e. The highest BCUT2D eigenvalue weighted by Gasteiger charge is 2.12. The van der Waals surface area contributed by atoms with Crippen LogP contribution in [0.5, 0.6) is 0 Å². The van der Waals surface area contributed by atoms with Crippen molar-refractivity contribution in [3.8, 4) is 0 Å². The lowest BCUT2D eigenvalue weighted by Crippen LogP contribution is -2.18. The zero-order valence-corrected chi connectivity index (χ0v) is 11.9. The number of nitrogens with one attached hydrogen (secondary N) is 1. The smallest absolute Gasteiger partial charge is 0.232 e. The first kappa shape index (κ1) is 15.0. The maximum absolute atomic E-state index is 11.8. The van der Waals surface area contributed by atoms with Gasteiger partial charge in [-0.2, -0.15) is 0 Å². The number of benzene rings is 1. The van der Waals surface area contributed by atoms with Gasteiger partial charge in [0, 0.05) is 5.69 Å². The summed E-state index contributed by atoms with van der Waals surface area (Å²) in [5, 5.41) is 9.45. The van der Waals surface area contributed by atoms with Crippen LogP contribution in [0.1, 0.15) is 38.9 Å². The molecule has 0 fully saturated rings. The maximum atomic E-state index is 11.8. The molecule has 0 saturated heterocycles. The predicted octanol–water partition coefficient (Wildman–Crippen LogP) is 2.53. The Bertz CT molecular complexity index is 481. The number of rotatable bonds is 6. The molecule has 0 aliphatic carbocycles. The fraction of sp³-hybridized carbons (Fsp3) is 0.538. The molecule has 0 saturated carbocycles. The minimum absolute atomic E-state index is 0.115. The quantitative estimate of drug-likeness (QED) is 0.835. The molecule has 1 rings (SSSR count). The summed E-state index contributed by atoms with van der Waals surface area (Å²) in [6, 6.07) is 6.81. The van der Waals surface area contributed by atoms with Crippen LogP contribution in [0.15, 0.2) is 24.3 Å². The van der Waals surface area contributed by atoms with E-state index in [2.05, 4.69) is 4.72 Å². The molecular formula is C13H21NO3S. The van der Waals surface area contributed by atoms with Crippen LogP contribution >= 0.6 is 0 Å². The summed E-state index contributed by atoms with van der Waals surface area (Å²) in [7, 11) is -3.30. The normalized spacial score (nSPS) is 13.6. The average molecular weight is 271 g/mol. The van der Waals surface area contributed by atoms with Crippen molar-refractivity contribution in [3.05, 3.63) is 29.8 Å². The van der Waals surface area contributed by atoms with Crippen molar-refractivity contribution in [1.82, 2.24) is 0 Å². The molecule has 0 spiro atoms. The number of hydrogen-bond acceptors (Lipinski definition) is 3. The van der Waals surface area contributed by atoms with Gasteiger partial charge in [0.2, 0.25) is 10.0 Å². The number of aliphatic hydroxyl groups is 1. The number of anilines is 1. The number of hydrogen-bond donors (Lipinski definition) is 2. The number of sulfonamides is 1. The van der Waals surface area contributed by atoms with Gasteiger partial charge < -0.3 is 5.11 Å². The molecule has 0 aliphatic rings. The second kappa shape index (κ2) is 6.20. The van der Waals surface area contributed by atoms with Gasteiger partial charge in [0.25, 0.3) is 0 Å². The Morgan fingerprint density at radius 3 is 2.50 bits per heavy atom. The SMILES string of the molecule is CC(C)CCS(=O)(=O)Nc1cccc(C(C)O)c1. The molecular weight excluding hydrogens is 250 g/mol. The first-order valence-corrected chi connectivity index (χ1v) is 7.74. The van der Waals surface area contributed by atoms with Crippen LogP contribution < -0.4 is 4.72 Å². The second-order valence-corrected chi connectivity index (χ2v) is 6.75. The predicted molar refractivity (Wildman–Crippen MR) is 73.9 cm³/mol. The Balaban J connectivity index is 2.75. The molecule has 1 aromatic rings. The molecule has 0 bridgehead atoms. The lowest BCUT2D eigenvalue weighted by molar-refractivity contribution is 0.199. The zero-order chi connectivity index (χ0) is 13.8. The lowest BCUT2D eigenvalue weighted by Gasteiger charge is -2.11. The molecule has 0 aliphatic heterocycles. The molecule has 5 heteroatoms. The minimum Gasteiger partial charge on any atom is -0.389 e. The fourth-order valence-corrected chi connectivity index (χ4v) is 2.85. The monoisotopic (exact) mass is 271 g/mol.